The summed E-state index contributed by atoms with van der Waals surface area (Å²) in [4.78, 5) is 45.6. The molecule has 12 nitrogen and oxygen atoms in total. The minimum Gasteiger partial charge on any atom is -0.507 e. The second-order valence-corrected chi connectivity index (χ2v) is 15.8. The van der Waals surface area contributed by atoms with Crippen molar-refractivity contribution < 1.29 is 39.9 Å². The van der Waals surface area contributed by atoms with E-state index in [1.165, 1.54) is 38.1 Å². The Morgan fingerprint density at radius 1 is 0.862 bits per heavy atom. The lowest BCUT2D eigenvalue weighted by Gasteiger charge is -2.53. The molecule has 298 valence electrons. The third kappa shape index (κ3) is 5.94. The number of nitrogens with two attached hydrogens (primary N) is 1. The van der Waals surface area contributed by atoms with Crippen LogP contribution in [0.15, 0.2) is 133 Å². The monoisotopic (exact) mass is 822 g/mol. The first-order chi connectivity index (χ1) is 27.5. The van der Waals surface area contributed by atoms with Crippen molar-refractivity contribution in [3.8, 4) is 5.75 Å². The van der Waals surface area contributed by atoms with Gasteiger partial charge in [-0.25, -0.2) is 4.98 Å². The minimum atomic E-state index is -2.85. The summed E-state index contributed by atoms with van der Waals surface area (Å²) in [5.74, 6) is -8.40. The zero-order valence-electron chi connectivity index (χ0n) is 31.5. The van der Waals surface area contributed by atoms with E-state index in [9.17, 15) is 39.9 Å². The fourth-order valence-corrected chi connectivity index (χ4v) is 9.67. The molecule has 0 aliphatic heterocycles. The lowest BCUT2D eigenvalue weighted by atomic mass is 9.53. The predicted octanol–water partition coefficient (Wildman–Crippen LogP) is 5.66. The van der Waals surface area contributed by atoms with Gasteiger partial charge in [-0.3, -0.25) is 19.3 Å². The fraction of sp³-hybridized carbons (Fsp3) is 0.227. The van der Waals surface area contributed by atoms with Gasteiger partial charge in [0.05, 0.1) is 23.5 Å². The molecule has 1 aromatic heterocycles. The molecule has 0 bridgehead atoms. The number of benzene rings is 4. The van der Waals surface area contributed by atoms with E-state index in [0.29, 0.717) is 0 Å². The number of carbonyl (C=O) groups excluding carboxylic acids is 3. The number of imidazole rings is 1. The topological polar surface area (TPSA) is 199 Å². The molecular weight excluding hydrogens is 783 g/mol. The van der Waals surface area contributed by atoms with Gasteiger partial charge in [-0.2, -0.15) is 0 Å². The number of Topliss-reactive ketones (excluding diaryl/α,β-unsaturated/α-hetero) is 3. The number of aromatic nitrogens is 2. The van der Waals surface area contributed by atoms with Crippen LogP contribution in [0.4, 0.5) is 0 Å². The number of phenolic OH excluding ortho intramolecular Hbond substituents is 1. The van der Waals surface area contributed by atoms with E-state index in [1.807, 2.05) is 42.9 Å². The van der Waals surface area contributed by atoms with Crippen molar-refractivity contribution in [3.05, 3.63) is 171 Å². The third-order valence-corrected chi connectivity index (χ3v) is 12.2. The molecule has 2 saturated carbocycles. The summed E-state index contributed by atoms with van der Waals surface area (Å²) in [6, 6.07) is 30.1. The van der Waals surface area contributed by atoms with Crippen LogP contribution in [-0.4, -0.2) is 83.1 Å². The van der Waals surface area contributed by atoms with Crippen molar-refractivity contribution in [2.75, 3.05) is 14.1 Å². The number of ketones is 3. The number of hydrogen-bond acceptors (Lipinski definition) is 11. The van der Waals surface area contributed by atoms with E-state index in [4.69, 9.17) is 28.9 Å². The smallest absolute Gasteiger partial charge is 0.211 e. The average Bonchev–Trinajstić information content (AvgIpc) is 3.73. The fourth-order valence-electron chi connectivity index (χ4n) is 9.05. The van der Waals surface area contributed by atoms with Gasteiger partial charge in [-0.15, -0.1) is 0 Å². The molecular formula is C44H40Cl2N4O8. The number of aliphatic hydroxyl groups is 4. The number of fused-ring (bicyclic) bond motifs is 3. The van der Waals surface area contributed by atoms with E-state index in [2.05, 4.69) is 64.1 Å². The van der Waals surface area contributed by atoms with Gasteiger partial charge in [0.2, 0.25) is 11.6 Å². The van der Waals surface area contributed by atoms with Crippen LogP contribution in [0.25, 0.3) is 5.76 Å². The second-order valence-electron chi connectivity index (χ2n) is 15.0. The highest BCUT2D eigenvalue weighted by Gasteiger charge is 2.68. The number of nitrogens with zero attached hydrogens (tertiary/aromatic N) is 3. The van der Waals surface area contributed by atoms with Crippen molar-refractivity contribution in [2.45, 2.75) is 36.1 Å². The minimum absolute atomic E-state index is 0.0184. The highest BCUT2D eigenvalue weighted by Crippen LogP contribution is 2.57. The largest absolute Gasteiger partial charge is 0.507 e. The number of carbonyl (C=O) groups is 3. The number of hydrogen-bond donors (Lipinski definition) is 6. The maximum Gasteiger partial charge on any atom is 0.211 e. The molecule has 1 heterocycles. The standard InChI is InChI=1S/C22H23ClN2O8.C22H17ClN2/c1-21(32)7-6-8-15(25(2)3)17(28)13(20(24)31)19(30)22(8,33)18(29)11(7)16(27)12-10(26)5-4-9(23)14(12)21;23-21-14-8-7-13-20(21)22(25-16-15-24-17-25,18-9-3-1-4-10-18)19-11-5-2-6-12-19/h4-5,7-8,15,26-27,31-33H,6,24H2,1-3H3;1-17H/b20-13-;/t7-,8-,15-,21-,22-;/m0./s1. The van der Waals surface area contributed by atoms with Crippen LogP contribution in [-0.2, 0) is 25.5 Å². The Balaban J connectivity index is 0.000000183. The SMILES string of the molecule is CN(C)[C@@H]1C(=O)/C(=C(\N)O)C(=O)[C@@]2(O)C(=O)C3=C(O)c4c(O)ccc(Cl)c4[C@@](C)(O)[C@H]3C[C@@H]12.Clc1ccccc1C(c1ccccc1)(c1ccccc1)n1ccnc1. The van der Waals surface area contributed by atoms with Crippen LogP contribution in [0.2, 0.25) is 10.0 Å². The van der Waals surface area contributed by atoms with Gasteiger partial charge in [0.25, 0.3) is 0 Å². The van der Waals surface area contributed by atoms with Crippen molar-refractivity contribution >= 4 is 46.3 Å². The first kappa shape index (κ1) is 40.4. The summed E-state index contributed by atoms with van der Waals surface area (Å²) in [6.45, 7) is 1.33. The van der Waals surface area contributed by atoms with Gasteiger partial charge < -0.3 is 35.8 Å². The van der Waals surface area contributed by atoms with Crippen molar-refractivity contribution in [2.24, 2.45) is 17.6 Å². The first-order valence-corrected chi connectivity index (χ1v) is 19.0. The first-order valence-electron chi connectivity index (χ1n) is 18.3. The molecule has 8 rings (SSSR count). The molecule has 0 radical (unpaired) electrons. The highest BCUT2D eigenvalue weighted by molar-refractivity contribution is 6.36. The summed E-state index contributed by atoms with van der Waals surface area (Å²) < 4.78 is 2.12. The summed E-state index contributed by atoms with van der Waals surface area (Å²) in [5.41, 5.74) is 1.55. The quantitative estimate of drug-likeness (QED) is 0.0421. The van der Waals surface area contributed by atoms with Crippen LogP contribution < -0.4 is 5.73 Å². The Labute approximate surface area is 343 Å². The Morgan fingerprint density at radius 3 is 1.98 bits per heavy atom. The van der Waals surface area contributed by atoms with E-state index >= 15 is 0 Å². The molecule has 58 heavy (non-hydrogen) atoms. The zero-order chi connectivity index (χ0) is 41.9. The third-order valence-electron chi connectivity index (χ3n) is 11.6. The van der Waals surface area contributed by atoms with Crippen LogP contribution in [0.1, 0.15) is 41.2 Å². The summed E-state index contributed by atoms with van der Waals surface area (Å²) in [5, 5.41) is 54.9. The van der Waals surface area contributed by atoms with Crippen molar-refractivity contribution in [1.29, 1.82) is 0 Å². The molecule has 0 amide bonds. The Hall–Kier alpha value is -5.76. The number of likely N-dealkylation sites (N-methyl/N-ethyl adjacent to an activating group) is 1. The molecule has 5 atom stereocenters. The number of aromatic hydroxyl groups is 1. The maximum absolute atomic E-state index is 13.7. The molecule has 0 saturated heterocycles. The van der Waals surface area contributed by atoms with Gasteiger partial charge in [0.15, 0.2) is 17.3 Å². The Bertz CT molecular complexity index is 2460. The molecule has 3 aliphatic carbocycles. The summed E-state index contributed by atoms with van der Waals surface area (Å²) in [7, 11) is 2.97. The predicted molar refractivity (Wildman–Crippen MR) is 217 cm³/mol. The molecule has 4 aromatic carbocycles. The van der Waals surface area contributed by atoms with Gasteiger partial charge in [-0.05, 0) is 56.8 Å². The van der Waals surface area contributed by atoms with E-state index in [0.717, 1.165) is 21.7 Å². The van der Waals surface area contributed by atoms with E-state index in [1.54, 1.807) is 6.20 Å². The Kier molecular flexibility index (Phi) is 10.4. The molecule has 2 fully saturated rings. The molecule has 7 N–H and O–H groups in total. The number of aliphatic hydroxyl groups excluding tert-OH is 2. The van der Waals surface area contributed by atoms with Gasteiger partial charge in [0, 0.05) is 51.0 Å². The van der Waals surface area contributed by atoms with Crippen LogP contribution in [0.5, 0.6) is 5.75 Å². The van der Waals surface area contributed by atoms with Gasteiger partial charge in [0.1, 0.15) is 22.6 Å². The molecule has 0 spiro atoms. The van der Waals surface area contributed by atoms with Gasteiger partial charge >= 0.3 is 0 Å². The van der Waals surface area contributed by atoms with Crippen molar-refractivity contribution in [3.63, 3.8) is 0 Å². The normalized spacial score (nSPS) is 25.0. The molecule has 5 aromatic rings. The number of rotatable bonds is 5. The van der Waals surface area contributed by atoms with E-state index < -0.39 is 80.5 Å². The zero-order valence-corrected chi connectivity index (χ0v) is 33.1. The average molecular weight is 824 g/mol. The molecule has 3 aliphatic rings. The van der Waals surface area contributed by atoms with E-state index in [-0.39, 0.29) is 22.6 Å². The van der Waals surface area contributed by atoms with Crippen LogP contribution >= 0.6 is 23.2 Å². The molecule has 0 unspecified atom stereocenters. The maximum atomic E-state index is 13.7. The highest BCUT2D eigenvalue weighted by atomic mass is 35.5. The van der Waals surface area contributed by atoms with Crippen molar-refractivity contribution in [1.82, 2.24) is 14.5 Å². The lowest BCUT2D eigenvalue weighted by molar-refractivity contribution is -0.169. The Morgan fingerprint density at radius 2 is 1.45 bits per heavy atom. The summed E-state index contributed by atoms with van der Waals surface area (Å²) in [6.07, 6.45) is 5.36. The number of phenols is 1. The molecule has 14 heteroatoms. The lowest BCUT2D eigenvalue weighted by Crippen LogP contribution is -2.70. The van der Waals surface area contributed by atoms with Gasteiger partial charge in [-0.1, -0.05) is 102 Å². The number of halogens is 2. The van der Waals surface area contributed by atoms with Crippen LogP contribution in [0.3, 0.4) is 0 Å². The second kappa shape index (κ2) is 14.9. The summed E-state index contributed by atoms with van der Waals surface area (Å²) >= 11 is 13.0. The van der Waals surface area contributed by atoms with Crippen LogP contribution in [0, 0.1) is 11.8 Å².